The molecule has 4 rings (SSSR count). The highest BCUT2D eigenvalue weighted by Crippen LogP contribution is 2.42. The number of aromatic hydroxyl groups is 1. The van der Waals surface area contributed by atoms with Crippen LogP contribution in [0.15, 0.2) is 91.5 Å². The predicted octanol–water partition coefficient (Wildman–Crippen LogP) is 6.63. The lowest BCUT2D eigenvalue weighted by Crippen LogP contribution is -2.50. The molecule has 0 aliphatic carbocycles. The lowest BCUT2D eigenvalue weighted by Gasteiger charge is -2.46. The molecule has 1 aromatic heterocycles. The molecule has 1 N–H and O–H groups in total. The fraction of sp³-hybridized carbons (Fsp3) is 0.250. The molecule has 4 aromatic rings. The fourth-order valence-electron chi connectivity index (χ4n) is 4.56. The van der Waals surface area contributed by atoms with Crippen LogP contribution in [0, 0.1) is 5.82 Å². The van der Waals surface area contributed by atoms with Crippen LogP contribution >= 0.6 is 11.6 Å². The summed E-state index contributed by atoms with van der Waals surface area (Å²) in [6.07, 6.45) is 8.00. The minimum Gasteiger partial charge on any atom is -0.508 e. The molecule has 34 heavy (non-hydrogen) atoms. The molecule has 0 aliphatic rings. The zero-order chi connectivity index (χ0) is 24.0. The first-order valence-corrected chi connectivity index (χ1v) is 11.9. The van der Waals surface area contributed by atoms with E-state index in [9.17, 15) is 9.50 Å². The predicted molar refractivity (Wildman–Crippen MR) is 134 cm³/mol. The fourth-order valence-corrected chi connectivity index (χ4v) is 4.80. The van der Waals surface area contributed by atoms with Crippen molar-refractivity contribution in [1.82, 2.24) is 14.5 Å². The molecule has 0 spiro atoms. The lowest BCUT2D eigenvalue weighted by atomic mass is 9.76. The van der Waals surface area contributed by atoms with Gasteiger partial charge in [-0.25, -0.2) is 9.37 Å². The molecule has 0 saturated heterocycles. The second-order valence-electron chi connectivity index (χ2n) is 8.52. The van der Waals surface area contributed by atoms with E-state index >= 15 is 0 Å². The van der Waals surface area contributed by atoms with Crippen LogP contribution in [0.1, 0.15) is 36.5 Å². The van der Waals surface area contributed by atoms with E-state index in [0.29, 0.717) is 18.1 Å². The molecule has 0 fully saturated rings. The van der Waals surface area contributed by atoms with Crippen molar-refractivity contribution >= 4 is 11.6 Å². The number of phenols is 1. The van der Waals surface area contributed by atoms with Crippen molar-refractivity contribution in [3.8, 4) is 5.75 Å². The zero-order valence-corrected chi connectivity index (χ0v) is 20.0. The van der Waals surface area contributed by atoms with Gasteiger partial charge in [0, 0.05) is 30.4 Å². The number of rotatable bonds is 10. The van der Waals surface area contributed by atoms with E-state index in [1.54, 1.807) is 36.8 Å². The Hall–Kier alpha value is -3.15. The summed E-state index contributed by atoms with van der Waals surface area (Å²) in [5, 5.41) is 10.4. The first-order valence-electron chi connectivity index (χ1n) is 11.5. The second kappa shape index (κ2) is 10.9. The first kappa shape index (κ1) is 24.0. The van der Waals surface area contributed by atoms with Crippen LogP contribution in [0.2, 0.25) is 5.02 Å². The van der Waals surface area contributed by atoms with E-state index < -0.39 is 5.54 Å². The third kappa shape index (κ3) is 5.16. The maximum Gasteiger partial charge on any atom is 0.123 e. The van der Waals surface area contributed by atoms with Crippen LogP contribution in [0.5, 0.6) is 5.75 Å². The summed E-state index contributed by atoms with van der Waals surface area (Å²) in [6.45, 7) is 3.52. The molecular weight excluding hydrogens is 449 g/mol. The van der Waals surface area contributed by atoms with Gasteiger partial charge < -0.3 is 9.67 Å². The zero-order valence-electron chi connectivity index (χ0n) is 19.2. The van der Waals surface area contributed by atoms with Crippen molar-refractivity contribution in [3.05, 3.63) is 119 Å². The largest absolute Gasteiger partial charge is 0.508 e. The Balaban J connectivity index is 1.97. The lowest BCUT2D eigenvalue weighted by molar-refractivity contribution is 0.0811. The first-order chi connectivity index (χ1) is 16.5. The van der Waals surface area contributed by atoms with Gasteiger partial charge in [-0.2, -0.15) is 0 Å². The Morgan fingerprint density at radius 3 is 2.50 bits per heavy atom. The second-order valence-corrected chi connectivity index (χ2v) is 8.93. The Morgan fingerprint density at radius 1 is 1.03 bits per heavy atom. The Kier molecular flexibility index (Phi) is 7.66. The summed E-state index contributed by atoms with van der Waals surface area (Å²) in [5.74, 6) is -0.168. The third-order valence-corrected chi connectivity index (χ3v) is 6.60. The summed E-state index contributed by atoms with van der Waals surface area (Å²) < 4.78 is 16.7. The summed E-state index contributed by atoms with van der Waals surface area (Å²) >= 11 is 6.63. The summed E-state index contributed by atoms with van der Waals surface area (Å²) in [6, 6.07) is 22.1. The molecule has 3 aromatic carbocycles. The highest BCUT2D eigenvalue weighted by Gasteiger charge is 2.41. The topological polar surface area (TPSA) is 41.3 Å². The van der Waals surface area contributed by atoms with Gasteiger partial charge in [-0.1, -0.05) is 73.5 Å². The van der Waals surface area contributed by atoms with E-state index in [0.717, 1.165) is 36.1 Å². The van der Waals surface area contributed by atoms with Crippen molar-refractivity contribution in [2.75, 3.05) is 6.54 Å². The van der Waals surface area contributed by atoms with Gasteiger partial charge in [-0.15, -0.1) is 0 Å². The normalized spacial score (nSPS) is 13.2. The Labute approximate surface area is 205 Å². The van der Waals surface area contributed by atoms with Crippen LogP contribution in [0.25, 0.3) is 0 Å². The SMILES string of the molecule is CCCCN(Cn1ccnc1)C(Cc1ccc(O)cc1Cl)(c1ccccc1)c1cccc(F)c1. The number of imidazole rings is 1. The highest BCUT2D eigenvalue weighted by atomic mass is 35.5. The van der Waals surface area contributed by atoms with Crippen molar-refractivity contribution in [1.29, 1.82) is 0 Å². The van der Waals surface area contributed by atoms with E-state index in [1.165, 1.54) is 6.07 Å². The van der Waals surface area contributed by atoms with Crippen molar-refractivity contribution in [2.45, 2.75) is 38.4 Å². The maximum absolute atomic E-state index is 14.7. The van der Waals surface area contributed by atoms with Crippen molar-refractivity contribution < 1.29 is 9.50 Å². The third-order valence-electron chi connectivity index (χ3n) is 6.25. The molecule has 1 atom stereocenters. The Bertz CT molecular complexity index is 1200. The highest BCUT2D eigenvalue weighted by molar-refractivity contribution is 6.31. The van der Waals surface area contributed by atoms with Crippen LogP contribution in [0.3, 0.4) is 0 Å². The number of unbranched alkanes of at least 4 members (excludes halogenated alkanes) is 1. The number of benzene rings is 3. The average molecular weight is 478 g/mol. The number of hydrogen-bond donors (Lipinski definition) is 1. The minimum absolute atomic E-state index is 0.117. The van der Waals surface area contributed by atoms with Gasteiger partial charge in [0.15, 0.2) is 0 Å². The molecule has 0 bridgehead atoms. The van der Waals surface area contributed by atoms with Gasteiger partial charge in [0.25, 0.3) is 0 Å². The van der Waals surface area contributed by atoms with Crippen molar-refractivity contribution in [2.24, 2.45) is 0 Å². The molecule has 0 amide bonds. The monoisotopic (exact) mass is 477 g/mol. The maximum atomic E-state index is 14.7. The van der Waals surface area contributed by atoms with E-state index in [-0.39, 0.29) is 11.6 Å². The van der Waals surface area contributed by atoms with Gasteiger partial charge in [-0.3, -0.25) is 4.90 Å². The van der Waals surface area contributed by atoms with Crippen LogP contribution in [-0.4, -0.2) is 26.1 Å². The van der Waals surface area contributed by atoms with E-state index in [2.05, 4.69) is 28.9 Å². The van der Waals surface area contributed by atoms with Gasteiger partial charge >= 0.3 is 0 Å². The number of phenolic OH excluding ortho intramolecular Hbond substituents is 1. The summed E-state index contributed by atoms with van der Waals surface area (Å²) in [7, 11) is 0. The number of aromatic nitrogens is 2. The minimum atomic E-state index is -0.719. The number of nitrogens with zero attached hydrogens (tertiary/aromatic N) is 3. The van der Waals surface area contributed by atoms with Crippen molar-refractivity contribution in [3.63, 3.8) is 0 Å². The number of halogens is 2. The molecule has 176 valence electrons. The average Bonchev–Trinajstić information content (AvgIpc) is 3.35. The van der Waals surface area contributed by atoms with Gasteiger partial charge in [-0.05, 0) is 47.4 Å². The quantitative estimate of drug-likeness (QED) is 0.279. The van der Waals surface area contributed by atoms with Gasteiger partial charge in [0.1, 0.15) is 11.6 Å². The summed E-state index contributed by atoms with van der Waals surface area (Å²) in [5.41, 5.74) is 2.04. The van der Waals surface area contributed by atoms with Crippen LogP contribution < -0.4 is 0 Å². The molecular formula is C28H29ClFN3O. The standard InChI is InChI=1S/C28H29ClFN3O/c1-2-3-15-33(21-32-16-14-31-20-32)28(23-8-5-4-6-9-23,24-10-7-11-25(30)17-24)19-22-12-13-26(34)18-27(22)29/h4-14,16-18,20,34H,2-3,15,19,21H2,1H3. The molecule has 0 saturated carbocycles. The smallest absolute Gasteiger partial charge is 0.123 e. The molecule has 0 radical (unpaired) electrons. The van der Waals surface area contributed by atoms with Gasteiger partial charge in [0.05, 0.1) is 18.5 Å². The van der Waals surface area contributed by atoms with Gasteiger partial charge in [0.2, 0.25) is 0 Å². The van der Waals surface area contributed by atoms with Crippen LogP contribution in [0.4, 0.5) is 4.39 Å². The molecule has 6 heteroatoms. The van der Waals surface area contributed by atoms with E-state index in [1.807, 2.05) is 41.1 Å². The summed E-state index contributed by atoms with van der Waals surface area (Å²) in [4.78, 5) is 6.61. The molecule has 0 aliphatic heterocycles. The Morgan fingerprint density at radius 2 is 1.82 bits per heavy atom. The number of hydrogen-bond acceptors (Lipinski definition) is 3. The molecule has 1 heterocycles. The molecule has 1 unspecified atom stereocenters. The van der Waals surface area contributed by atoms with E-state index in [4.69, 9.17) is 11.6 Å². The van der Waals surface area contributed by atoms with Crippen LogP contribution in [-0.2, 0) is 18.6 Å². The molecule has 4 nitrogen and oxygen atoms in total.